The van der Waals surface area contributed by atoms with Gasteiger partial charge in [0.2, 0.25) is 5.91 Å². The Balaban J connectivity index is 3.11. The molecule has 1 aromatic rings. The summed E-state index contributed by atoms with van der Waals surface area (Å²) in [6.45, 7) is 5.08. The molecule has 25 heavy (non-hydrogen) atoms. The predicted octanol–water partition coefficient (Wildman–Crippen LogP) is 5.55. The van der Waals surface area contributed by atoms with Crippen LogP contribution >= 0.6 is 23.2 Å². The highest BCUT2D eigenvalue weighted by Gasteiger charge is 2.11. The van der Waals surface area contributed by atoms with Crippen LogP contribution in [0.2, 0.25) is 10.0 Å². The number of halogens is 3. The first-order valence-corrected chi connectivity index (χ1v) is 8.15. The molecule has 0 bridgehead atoms. The molecule has 0 aliphatic heterocycles. The lowest BCUT2D eigenvalue weighted by molar-refractivity contribution is -0.113. The molecule has 0 heterocycles. The van der Waals surface area contributed by atoms with Gasteiger partial charge in [-0.25, -0.2) is 4.39 Å². The lowest BCUT2D eigenvalue weighted by Gasteiger charge is -2.10. The largest absolute Gasteiger partial charge is 0.496 e. The molecule has 0 radical (unpaired) electrons. The van der Waals surface area contributed by atoms with Gasteiger partial charge in [-0.15, -0.1) is 0 Å². The Labute approximate surface area is 157 Å². The smallest absolute Gasteiger partial charge is 0.241 e. The fourth-order valence-corrected chi connectivity index (χ4v) is 2.54. The monoisotopic (exact) mass is 383 g/mol. The van der Waals surface area contributed by atoms with Gasteiger partial charge in [0.25, 0.3) is 0 Å². The number of hydrogen-bond donors (Lipinski definition) is 1. The van der Waals surface area contributed by atoms with E-state index < -0.39 is 11.7 Å². The first-order chi connectivity index (χ1) is 11.7. The Kier molecular flexibility index (Phi) is 7.94. The van der Waals surface area contributed by atoms with Gasteiger partial charge in [-0.1, -0.05) is 41.4 Å². The average molecular weight is 384 g/mol. The molecule has 0 fully saturated rings. The van der Waals surface area contributed by atoms with Crippen LogP contribution in [0.4, 0.5) is 4.39 Å². The first kappa shape index (κ1) is 21.0. The van der Waals surface area contributed by atoms with Crippen molar-refractivity contribution in [2.45, 2.75) is 20.8 Å². The highest BCUT2D eigenvalue weighted by Crippen LogP contribution is 2.35. The van der Waals surface area contributed by atoms with E-state index in [-0.39, 0.29) is 0 Å². The van der Waals surface area contributed by atoms with E-state index in [0.29, 0.717) is 32.5 Å². The zero-order chi connectivity index (χ0) is 19.1. The highest BCUT2D eigenvalue weighted by molar-refractivity contribution is 6.38. The minimum Gasteiger partial charge on any atom is -0.496 e. The molecular formula is C19H20Cl2FNO2. The van der Waals surface area contributed by atoms with E-state index in [1.54, 1.807) is 32.1 Å². The van der Waals surface area contributed by atoms with Crippen LogP contribution in [-0.2, 0) is 4.79 Å². The van der Waals surface area contributed by atoms with Crippen molar-refractivity contribution < 1.29 is 13.9 Å². The van der Waals surface area contributed by atoms with Crippen molar-refractivity contribution in [2.75, 3.05) is 7.11 Å². The quantitative estimate of drug-likeness (QED) is 0.516. The van der Waals surface area contributed by atoms with Crippen molar-refractivity contribution in [2.24, 2.45) is 5.73 Å². The Morgan fingerprint density at radius 3 is 2.44 bits per heavy atom. The second-order valence-corrected chi connectivity index (χ2v) is 6.19. The fourth-order valence-electron chi connectivity index (χ4n) is 1.98. The molecule has 1 rings (SSSR count). The first-order valence-electron chi connectivity index (χ1n) is 7.40. The molecule has 0 saturated carbocycles. The van der Waals surface area contributed by atoms with Crippen LogP contribution in [0.5, 0.6) is 5.75 Å². The number of methoxy groups -OCH3 is 1. The Morgan fingerprint density at radius 1 is 1.24 bits per heavy atom. The summed E-state index contributed by atoms with van der Waals surface area (Å²) in [5.74, 6) is -0.446. The van der Waals surface area contributed by atoms with Gasteiger partial charge in [-0.2, -0.15) is 0 Å². The van der Waals surface area contributed by atoms with Gasteiger partial charge >= 0.3 is 0 Å². The molecule has 1 amide bonds. The fraction of sp³-hybridized carbons (Fsp3) is 0.211. The van der Waals surface area contributed by atoms with Crippen molar-refractivity contribution in [1.82, 2.24) is 0 Å². The molecule has 1 aromatic carbocycles. The van der Waals surface area contributed by atoms with Crippen molar-refractivity contribution >= 4 is 35.2 Å². The van der Waals surface area contributed by atoms with Crippen LogP contribution in [0.15, 0.2) is 47.3 Å². The molecule has 0 atom stereocenters. The number of amides is 1. The molecule has 3 nitrogen and oxygen atoms in total. The Hall–Kier alpha value is -2.04. The molecule has 0 unspecified atom stereocenters. The van der Waals surface area contributed by atoms with Gasteiger partial charge in [0, 0.05) is 17.2 Å². The van der Waals surface area contributed by atoms with Gasteiger partial charge < -0.3 is 10.5 Å². The number of rotatable bonds is 6. The molecule has 0 aliphatic rings. The summed E-state index contributed by atoms with van der Waals surface area (Å²) in [6, 6.07) is 1.66. The second kappa shape index (κ2) is 9.44. The number of hydrogen-bond acceptors (Lipinski definition) is 2. The number of nitrogens with two attached hydrogens (primary N) is 1. The van der Waals surface area contributed by atoms with Crippen LogP contribution in [0.1, 0.15) is 25.0 Å². The summed E-state index contributed by atoms with van der Waals surface area (Å²) in [5.41, 5.74) is 7.30. The summed E-state index contributed by atoms with van der Waals surface area (Å²) < 4.78 is 19.3. The van der Waals surface area contributed by atoms with E-state index in [1.807, 2.05) is 6.92 Å². The predicted molar refractivity (Wildman–Crippen MR) is 103 cm³/mol. The molecule has 0 aliphatic carbocycles. The number of allylic oxidation sites excluding steroid dienone is 6. The molecule has 2 N–H and O–H groups in total. The van der Waals surface area contributed by atoms with Gasteiger partial charge in [-0.05, 0) is 44.1 Å². The van der Waals surface area contributed by atoms with Gasteiger partial charge in [0.05, 0.1) is 17.2 Å². The Bertz CT molecular complexity index is 793. The number of carbonyl (C=O) groups is 1. The second-order valence-electron chi connectivity index (χ2n) is 5.40. The molecular weight excluding hydrogens is 364 g/mol. The third kappa shape index (κ3) is 6.07. The molecule has 0 spiro atoms. The van der Waals surface area contributed by atoms with Gasteiger partial charge in [0.1, 0.15) is 11.6 Å². The summed E-state index contributed by atoms with van der Waals surface area (Å²) in [6.07, 6.45) is 7.16. The number of ether oxygens (including phenoxy) is 1. The van der Waals surface area contributed by atoms with Gasteiger partial charge in [-0.3, -0.25) is 4.79 Å². The topological polar surface area (TPSA) is 52.3 Å². The minimum atomic E-state index is -0.581. The maximum Gasteiger partial charge on any atom is 0.241 e. The van der Waals surface area contributed by atoms with Crippen molar-refractivity contribution in [3.63, 3.8) is 0 Å². The summed E-state index contributed by atoms with van der Waals surface area (Å²) >= 11 is 12.5. The SMILES string of the molecule is COc1cc(Cl)c(C=CC(C)=C(F)C=CC(C)=CC(N)=O)c(Cl)c1C. The van der Waals surface area contributed by atoms with Crippen LogP contribution < -0.4 is 10.5 Å². The zero-order valence-corrected chi connectivity index (χ0v) is 16.0. The third-order valence-electron chi connectivity index (χ3n) is 3.41. The minimum absolute atomic E-state index is 0.378. The maximum absolute atomic E-state index is 14.1. The summed E-state index contributed by atoms with van der Waals surface area (Å²) in [4.78, 5) is 10.7. The van der Waals surface area contributed by atoms with Crippen molar-refractivity contribution in [3.8, 4) is 5.75 Å². The number of benzene rings is 1. The van der Waals surface area contributed by atoms with Crippen LogP contribution in [-0.4, -0.2) is 13.0 Å². The van der Waals surface area contributed by atoms with E-state index in [1.165, 1.54) is 25.3 Å². The third-order valence-corrected chi connectivity index (χ3v) is 4.21. The van der Waals surface area contributed by atoms with E-state index >= 15 is 0 Å². The van der Waals surface area contributed by atoms with E-state index in [2.05, 4.69) is 0 Å². The van der Waals surface area contributed by atoms with Gasteiger partial charge in [0.15, 0.2) is 0 Å². The molecule has 6 heteroatoms. The van der Waals surface area contributed by atoms with E-state index in [0.717, 1.165) is 5.56 Å². The normalized spacial score (nSPS) is 13.5. The average Bonchev–Trinajstić information content (AvgIpc) is 2.54. The number of carbonyl (C=O) groups excluding carboxylic acids is 1. The maximum atomic E-state index is 14.1. The lowest BCUT2D eigenvalue weighted by atomic mass is 10.1. The van der Waals surface area contributed by atoms with Crippen LogP contribution in [0.25, 0.3) is 6.08 Å². The highest BCUT2D eigenvalue weighted by atomic mass is 35.5. The molecule has 0 saturated heterocycles. The zero-order valence-electron chi connectivity index (χ0n) is 14.5. The summed E-state index contributed by atoms with van der Waals surface area (Å²) in [7, 11) is 1.54. The summed E-state index contributed by atoms with van der Waals surface area (Å²) in [5, 5.41) is 0.859. The lowest BCUT2D eigenvalue weighted by Crippen LogP contribution is -2.06. The molecule has 134 valence electrons. The van der Waals surface area contributed by atoms with Crippen molar-refractivity contribution in [1.29, 1.82) is 0 Å². The van der Waals surface area contributed by atoms with Crippen LogP contribution in [0, 0.1) is 6.92 Å². The van der Waals surface area contributed by atoms with E-state index in [9.17, 15) is 9.18 Å². The van der Waals surface area contributed by atoms with Crippen molar-refractivity contribution in [3.05, 3.63) is 68.5 Å². The number of primary amides is 1. The standard InChI is InChI=1S/C19H20Cl2FNO2/c1-11(9-18(23)24)5-8-16(22)12(2)6-7-14-15(20)10-17(25-4)13(3)19(14)21/h5-10H,1-4H3,(H2,23,24). The molecule has 0 aromatic heterocycles. The van der Waals surface area contributed by atoms with Crippen LogP contribution in [0.3, 0.4) is 0 Å². The van der Waals surface area contributed by atoms with E-state index in [4.69, 9.17) is 33.7 Å². The Morgan fingerprint density at radius 2 is 1.88 bits per heavy atom.